The number of imidazole rings is 1. The number of hydrogen-bond donors (Lipinski definition) is 0. The third kappa shape index (κ3) is 19.9. The molecule has 37 heavy (non-hydrogen) atoms. The fourth-order valence-electron chi connectivity index (χ4n) is 5.77. The van der Waals surface area contributed by atoms with Gasteiger partial charge in [0.2, 0.25) is 0 Å². The second kappa shape index (κ2) is 26.8. The highest BCUT2D eigenvalue weighted by molar-refractivity contribution is 4.84. The van der Waals surface area contributed by atoms with E-state index in [1.807, 2.05) is 0 Å². The summed E-state index contributed by atoms with van der Waals surface area (Å²) in [5.74, 6) is 1.60. The van der Waals surface area contributed by atoms with Gasteiger partial charge in [-0.05, 0) is 25.7 Å². The second-order valence-electron chi connectivity index (χ2n) is 12.0. The minimum Gasteiger partial charge on any atom is -0.234 e. The van der Waals surface area contributed by atoms with E-state index in [1.54, 1.807) is 5.82 Å². The van der Waals surface area contributed by atoms with Crippen LogP contribution >= 0.6 is 0 Å². The molecular weight excluding hydrogens is 448 g/mol. The van der Waals surface area contributed by atoms with Gasteiger partial charge in [-0.15, -0.1) is 0 Å². The predicted molar refractivity (Wildman–Crippen MR) is 165 cm³/mol. The van der Waals surface area contributed by atoms with E-state index < -0.39 is 0 Å². The Morgan fingerprint density at radius 2 is 0.838 bits per heavy atom. The van der Waals surface area contributed by atoms with Gasteiger partial charge in [-0.25, -0.2) is 9.13 Å². The molecule has 1 aromatic heterocycles. The minimum atomic E-state index is 1.20. The first kappa shape index (κ1) is 34.2. The summed E-state index contributed by atoms with van der Waals surface area (Å²) in [5.41, 5.74) is 0. The van der Waals surface area contributed by atoms with Crippen LogP contribution in [0.1, 0.15) is 194 Å². The zero-order chi connectivity index (χ0) is 26.7. The monoisotopic (exact) mass is 518 g/mol. The van der Waals surface area contributed by atoms with Crippen molar-refractivity contribution in [2.75, 3.05) is 0 Å². The highest BCUT2D eigenvalue weighted by Crippen LogP contribution is 2.15. The van der Waals surface area contributed by atoms with Crippen LogP contribution in [0.25, 0.3) is 0 Å². The van der Waals surface area contributed by atoms with Gasteiger partial charge in [0.1, 0.15) is 12.4 Å². The lowest BCUT2D eigenvalue weighted by atomic mass is 10.0. The molecule has 1 rings (SSSR count). The molecule has 0 amide bonds. The second-order valence-corrected chi connectivity index (χ2v) is 12.0. The predicted octanol–water partition coefficient (Wildman–Crippen LogP) is 11.5. The van der Waals surface area contributed by atoms with Crippen molar-refractivity contribution in [1.29, 1.82) is 0 Å². The van der Waals surface area contributed by atoms with Crippen LogP contribution in [0.2, 0.25) is 0 Å². The average molecular weight is 518 g/mol. The first-order valence-electron chi connectivity index (χ1n) is 17.4. The van der Waals surface area contributed by atoms with Crippen LogP contribution in [0.3, 0.4) is 0 Å². The van der Waals surface area contributed by atoms with E-state index in [1.165, 1.54) is 186 Å². The molecule has 0 unspecified atom stereocenters. The van der Waals surface area contributed by atoms with Gasteiger partial charge < -0.3 is 0 Å². The Bertz CT molecular complexity index is 576. The molecule has 0 aliphatic carbocycles. The molecule has 0 saturated carbocycles. The number of aryl methyl sites for hydroxylation is 2. The molecule has 0 aromatic carbocycles. The summed E-state index contributed by atoms with van der Waals surface area (Å²) < 4.78 is 5.16. The van der Waals surface area contributed by atoms with Crippen LogP contribution in [0, 0.1) is 0 Å². The highest BCUT2D eigenvalue weighted by Gasteiger charge is 2.16. The quantitative estimate of drug-likeness (QED) is 0.0737. The van der Waals surface area contributed by atoms with Crippen molar-refractivity contribution in [3.8, 4) is 0 Å². The van der Waals surface area contributed by atoms with Gasteiger partial charge in [0, 0.05) is 6.42 Å². The van der Waals surface area contributed by atoms with Gasteiger partial charge in [-0.2, -0.15) is 0 Å². The van der Waals surface area contributed by atoms with Crippen molar-refractivity contribution in [2.45, 2.75) is 207 Å². The largest absolute Gasteiger partial charge is 0.256 e. The van der Waals surface area contributed by atoms with Crippen molar-refractivity contribution >= 4 is 0 Å². The van der Waals surface area contributed by atoms with Crippen molar-refractivity contribution in [2.24, 2.45) is 0 Å². The van der Waals surface area contributed by atoms with Crippen molar-refractivity contribution < 1.29 is 4.57 Å². The molecule has 0 spiro atoms. The van der Waals surface area contributed by atoms with Crippen molar-refractivity contribution in [3.05, 3.63) is 18.2 Å². The van der Waals surface area contributed by atoms with E-state index in [4.69, 9.17) is 0 Å². The molecule has 0 bridgehead atoms. The van der Waals surface area contributed by atoms with Crippen molar-refractivity contribution in [3.63, 3.8) is 0 Å². The van der Waals surface area contributed by atoms with Crippen LogP contribution < -0.4 is 4.57 Å². The van der Waals surface area contributed by atoms with E-state index in [0.29, 0.717) is 0 Å². The normalized spacial score (nSPS) is 11.5. The highest BCUT2D eigenvalue weighted by atomic mass is 15.1. The Morgan fingerprint density at radius 1 is 0.459 bits per heavy atom. The van der Waals surface area contributed by atoms with E-state index in [0.717, 1.165) is 0 Å². The Morgan fingerprint density at radius 3 is 1.27 bits per heavy atom. The summed E-state index contributed by atoms with van der Waals surface area (Å²) in [7, 11) is 0. The molecule has 1 aromatic rings. The zero-order valence-electron chi connectivity index (χ0n) is 26.1. The van der Waals surface area contributed by atoms with Gasteiger partial charge in [-0.3, -0.25) is 0 Å². The molecule has 0 saturated heterocycles. The number of nitrogens with zero attached hydrogens (tertiary/aromatic N) is 2. The van der Waals surface area contributed by atoms with Crippen LogP contribution in [-0.4, -0.2) is 4.57 Å². The SMILES string of the molecule is CCCCCCCCCCCCCCCCCCc1n(CCCCCCCCCC)cc[n+]1CCCC. The van der Waals surface area contributed by atoms with E-state index in [2.05, 4.69) is 42.3 Å². The third-order valence-electron chi connectivity index (χ3n) is 8.35. The Labute approximate surface area is 234 Å². The fourth-order valence-corrected chi connectivity index (χ4v) is 5.77. The number of hydrogen-bond acceptors (Lipinski definition) is 0. The van der Waals surface area contributed by atoms with Crippen molar-refractivity contribution in [1.82, 2.24) is 4.57 Å². The van der Waals surface area contributed by atoms with Gasteiger partial charge >= 0.3 is 0 Å². The van der Waals surface area contributed by atoms with E-state index >= 15 is 0 Å². The standard InChI is InChI=1S/C35H69N2/c1-4-7-10-12-14-16-17-18-19-20-21-22-23-24-26-28-30-35-36(31-9-6-3)33-34-37(35)32-29-27-25-15-13-11-8-5-2/h33-34H,4-32H2,1-3H3/q+1. The van der Waals surface area contributed by atoms with Gasteiger partial charge in [0.05, 0.1) is 13.1 Å². The maximum absolute atomic E-state index is 2.60. The molecular formula is C35H69N2+. The zero-order valence-corrected chi connectivity index (χ0v) is 26.1. The first-order valence-corrected chi connectivity index (χ1v) is 17.4. The maximum atomic E-state index is 2.60. The molecule has 0 atom stereocenters. The molecule has 2 heteroatoms. The lowest BCUT2D eigenvalue weighted by Crippen LogP contribution is -2.37. The average Bonchev–Trinajstić information content (AvgIpc) is 3.29. The summed E-state index contributed by atoms with van der Waals surface area (Å²) in [6.07, 6.45) is 43.0. The topological polar surface area (TPSA) is 8.81 Å². The Kier molecular flexibility index (Phi) is 24.8. The van der Waals surface area contributed by atoms with E-state index in [9.17, 15) is 0 Å². The molecule has 2 nitrogen and oxygen atoms in total. The molecule has 0 aliphatic heterocycles. The Balaban J connectivity index is 2.09. The van der Waals surface area contributed by atoms with Crippen LogP contribution in [0.15, 0.2) is 12.4 Å². The van der Waals surface area contributed by atoms with Gasteiger partial charge in [-0.1, -0.05) is 162 Å². The van der Waals surface area contributed by atoms with Crippen LogP contribution in [0.5, 0.6) is 0 Å². The fraction of sp³-hybridized carbons (Fsp3) is 0.914. The first-order chi connectivity index (χ1) is 18.3. The summed E-state index contributed by atoms with van der Waals surface area (Å²) in [6.45, 7) is 9.35. The number of aromatic nitrogens is 2. The molecule has 0 radical (unpaired) electrons. The summed E-state index contributed by atoms with van der Waals surface area (Å²) >= 11 is 0. The van der Waals surface area contributed by atoms with Crippen LogP contribution in [0.4, 0.5) is 0 Å². The molecule has 0 N–H and O–H groups in total. The summed E-state index contributed by atoms with van der Waals surface area (Å²) in [5, 5.41) is 0. The van der Waals surface area contributed by atoms with Crippen LogP contribution in [-0.2, 0) is 19.5 Å². The molecule has 0 fully saturated rings. The lowest BCUT2D eigenvalue weighted by Gasteiger charge is -2.06. The number of unbranched alkanes of at least 4 members (excludes halogenated alkanes) is 23. The van der Waals surface area contributed by atoms with E-state index in [-0.39, 0.29) is 0 Å². The molecule has 1 heterocycles. The van der Waals surface area contributed by atoms with Gasteiger partial charge in [0.15, 0.2) is 0 Å². The maximum Gasteiger partial charge on any atom is 0.256 e. The molecule has 218 valence electrons. The minimum absolute atomic E-state index is 1.20. The third-order valence-corrected chi connectivity index (χ3v) is 8.35. The number of rotatable bonds is 29. The smallest absolute Gasteiger partial charge is 0.234 e. The lowest BCUT2D eigenvalue weighted by molar-refractivity contribution is -0.704. The Hall–Kier alpha value is -0.790. The summed E-state index contributed by atoms with van der Waals surface area (Å²) in [6, 6.07) is 0. The van der Waals surface area contributed by atoms with Gasteiger partial charge in [0.25, 0.3) is 5.82 Å². The molecule has 0 aliphatic rings. The summed E-state index contributed by atoms with van der Waals surface area (Å²) in [4.78, 5) is 0.